The molecular weight excluding hydrogens is 214 g/mol. The molecule has 0 saturated heterocycles. The van der Waals surface area contributed by atoms with Crippen LogP contribution in [0, 0.1) is 11.3 Å². The standard InChI is InChI=1S/C14H23NS/c1-11-6-13(8-14(2,3)7-11)15-9-12-4-5-16-10-12/h4-5,10-11,13,15H,6-9H2,1-3H3. The lowest BCUT2D eigenvalue weighted by Crippen LogP contribution is -2.39. The molecular formula is C14H23NS. The Morgan fingerprint density at radius 2 is 2.25 bits per heavy atom. The molecule has 0 radical (unpaired) electrons. The summed E-state index contributed by atoms with van der Waals surface area (Å²) in [5.41, 5.74) is 1.95. The topological polar surface area (TPSA) is 12.0 Å². The third kappa shape index (κ3) is 3.33. The maximum atomic E-state index is 3.72. The van der Waals surface area contributed by atoms with Crippen molar-refractivity contribution in [2.24, 2.45) is 11.3 Å². The van der Waals surface area contributed by atoms with Crippen molar-refractivity contribution >= 4 is 11.3 Å². The molecule has 1 aliphatic rings. The van der Waals surface area contributed by atoms with E-state index in [9.17, 15) is 0 Å². The monoisotopic (exact) mass is 237 g/mol. The summed E-state index contributed by atoms with van der Waals surface area (Å²) in [6.45, 7) is 8.24. The summed E-state index contributed by atoms with van der Waals surface area (Å²) >= 11 is 1.79. The molecule has 1 nitrogen and oxygen atoms in total. The third-order valence-corrected chi connectivity index (χ3v) is 4.29. The van der Waals surface area contributed by atoms with E-state index in [0.29, 0.717) is 11.5 Å². The first-order valence-corrected chi connectivity index (χ1v) is 7.24. The van der Waals surface area contributed by atoms with E-state index >= 15 is 0 Å². The van der Waals surface area contributed by atoms with Gasteiger partial charge in [0.2, 0.25) is 0 Å². The zero-order valence-corrected chi connectivity index (χ0v) is 11.4. The van der Waals surface area contributed by atoms with Gasteiger partial charge >= 0.3 is 0 Å². The Hall–Kier alpha value is -0.340. The van der Waals surface area contributed by atoms with E-state index in [4.69, 9.17) is 0 Å². The minimum Gasteiger partial charge on any atom is -0.310 e. The van der Waals surface area contributed by atoms with E-state index in [1.165, 1.54) is 24.8 Å². The van der Waals surface area contributed by atoms with Crippen molar-refractivity contribution in [1.82, 2.24) is 5.32 Å². The second kappa shape index (κ2) is 4.89. The molecule has 2 unspecified atom stereocenters. The van der Waals surface area contributed by atoms with Crippen LogP contribution >= 0.6 is 11.3 Å². The van der Waals surface area contributed by atoms with Crippen molar-refractivity contribution in [3.8, 4) is 0 Å². The van der Waals surface area contributed by atoms with E-state index in [1.54, 1.807) is 11.3 Å². The largest absolute Gasteiger partial charge is 0.310 e. The van der Waals surface area contributed by atoms with Gasteiger partial charge in [-0.25, -0.2) is 0 Å². The van der Waals surface area contributed by atoms with Gasteiger partial charge in [0, 0.05) is 12.6 Å². The summed E-state index contributed by atoms with van der Waals surface area (Å²) in [6.07, 6.45) is 4.04. The van der Waals surface area contributed by atoms with Gasteiger partial charge in [0.05, 0.1) is 0 Å². The number of hydrogen-bond acceptors (Lipinski definition) is 2. The normalized spacial score (nSPS) is 29.2. The first-order chi connectivity index (χ1) is 7.55. The molecule has 1 N–H and O–H groups in total. The van der Waals surface area contributed by atoms with E-state index in [-0.39, 0.29) is 0 Å². The Kier molecular flexibility index (Phi) is 3.70. The molecule has 0 bridgehead atoms. The Bertz CT molecular complexity index is 315. The maximum Gasteiger partial charge on any atom is 0.0216 e. The summed E-state index contributed by atoms with van der Waals surface area (Å²) in [7, 11) is 0. The predicted molar refractivity (Wildman–Crippen MR) is 71.7 cm³/mol. The molecule has 2 heteroatoms. The van der Waals surface area contributed by atoms with Gasteiger partial charge < -0.3 is 5.32 Å². The molecule has 0 spiro atoms. The molecule has 1 aromatic rings. The summed E-state index contributed by atoms with van der Waals surface area (Å²) in [5.74, 6) is 0.865. The fourth-order valence-corrected chi connectivity index (χ4v) is 3.83. The van der Waals surface area contributed by atoms with Crippen molar-refractivity contribution in [2.75, 3.05) is 0 Å². The van der Waals surface area contributed by atoms with Crippen LogP contribution in [-0.2, 0) is 6.54 Å². The molecule has 0 aliphatic heterocycles. The highest BCUT2D eigenvalue weighted by atomic mass is 32.1. The fraction of sp³-hybridized carbons (Fsp3) is 0.714. The van der Waals surface area contributed by atoms with Gasteiger partial charge in [-0.1, -0.05) is 20.8 Å². The molecule has 1 heterocycles. The van der Waals surface area contributed by atoms with Crippen molar-refractivity contribution in [1.29, 1.82) is 0 Å². The Morgan fingerprint density at radius 3 is 2.88 bits per heavy atom. The minimum atomic E-state index is 0.518. The summed E-state index contributed by atoms with van der Waals surface area (Å²) < 4.78 is 0. The Morgan fingerprint density at radius 1 is 1.44 bits per heavy atom. The molecule has 2 rings (SSSR count). The molecule has 1 saturated carbocycles. The second-order valence-corrected chi connectivity index (χ2v) is 6.90. The van der Waals surface area contributed by atoms with Gasteiger partial charge in [-0.05, 0) is 53.0 Å². The van der Waals surface area contributed by atoms with Crippen LogP contribution in [0.5, 0.6) is 0 Å². The highest BCUT2D eigenvalue weighted by Gasteiger charge is 2.31. The quantitative estimate of drug-likeness (QED) is 0.836. The average molecular weight is 237 g/mol. The molecule has 0 amide bonds. The SMILES string of the molecule is CC1CC(NCc2ccsc2)CC(C)(C)C1. The lowest BCUT2D eigenvalue weighted by Gasteiger charge is -2.39. The molecule has 2 atom stereocenters. The van der Waals surface area contributed by atoms with Crippen LogP contribution in [0.3, 0.4) is 0 Å². The second-order valence-electron chi connectivity index (χ2n) is 6.12. The summed E-state index contributed by atoms with van der Waals surface area (Å²) in [6, 6.07) is 2.92. The van der Waals surface area contributed by atoms with Crippen LogP contribution in [0.25, 0.3) is 0 Å². The van der Waals surface area contributed by atoms with E-state index < -0.39 is 0 Å². The molecule has 1 fully saturated rings. The molecule has 1 aliphatic carbocycles. The van der Waals surface area contributed by atoms with Crippen molar-refractivity contribution in [2.45, 2.75) is 52.6 Å². The highest BCUT2D eigenvalue weighted by molar-refractivity contribution is 7.07. The summed E-state index contributed by atoms with van der Waals surface area (Å²) in [4.78, 5) is 0. The number of nitrogens with one attached hydrogen (secondary N) is 1. The van der Waals surface area contributed by atoms with Crippen LogP contribution in [0.2, 0.25) is 0 Å². The number of thiophene rings is 1. The Balaban J connectivity index is 1.85. The van der Waals surface area contributed by atoms with Crippen LogP contribution in [0.15, 0.2) is 16.8 Å². The van der Waals surface area contributed by atoms with Gasteiger partial charge in [0.15, 0.2) is 0 Å². The fourth-order valence-electron chi connectivity index (χ4n) is 3.16. The van der Waals surface area contributed by atoms with E-state index in [1.807, 2.05) is 0 Å². The zero-order valence-electron chi connectivity index (χ0n) is 10.6. The minimum absolute atomic E-state index is 0.518. The molecule has 0 aromatic carbocycles. The molecule has 16 heavy (non-hydrogen) atoms. The zero-order chi connectivity index (χ0) is 11.6. The van der Waals surface area contributed by atoms with E-state index in [0.717, 1.165) is 12.5 Å². The highest BCUT2D eigenvalue weighted by Crippen LogP contribution is 2.38. The average Bonchev–Trinajstić information content (AvgIpc) is 2.63. The number of rotatable bonds is 3. The smallest absolute Gasteiger partial charge is 0.0216 e. The van der Waals surface area contributed by atoms with Crippen LogP contribution < -0.4 is 5.32 Å². The van der Waals surface area contributed by atoms with E-state index in [2.05, 4.69) is 42.9 Å². The maximum absolute atomic E-state index is 3.72. The van der Waals surface area contributed by atoms with Gasteiger partial charge in [0.1, 0.15) is 0 Å². The lowest BCUT2D eigenvalue weighted by atomic mass is 9.70. The lowest BCUT2D eigenvalue weighted by molar-refractivity contribution is 0.151. The first-order valence-electron chi connectivity index (χ1n) is 6.30. The Labute approximate surface area is 103 Å². The van der Waals surface area contributed by atoms with Crippen molar-refractivity contribution in [3.63, 3.8) is 0 Å². The van der Waals surface area contributed by atoms with Gasteiger partial charge in [-0.15, -0.1) is 0 Å². The first kappa shape index (κ1) is 12.1. The van der Waals surface area contributed by atoms with Gasteiger partial charge in [-0.3, -0.25) is 0 Å². The van der Waals surface area contributed by atoms with Crippen LogP contribution in [-0.4, -0.2) is 6.04 Å². The third-order valence-electron chi connectivity index (χ3n) is 3.56. The van der Waals surface area contributed by atoms with Crippen molar-refractivity contribution in [3.05, 3.63) is 22.4 Å². The van der Waals surface area contributed by atoms with Crippen LogP contribution in [0.1, 0.15) is 45.6 Å². The van der Waals surface area contributed by atoms with Gasteiger partial charge in [-0.2, -0.15) is 11.3 Å². The van der Waals surface area contributed by atoms with Gasteiger partial charge in [0.25, 0.3) is 0 Å². The molecule has 1 aromatic heterocycles. The predicted octanol–water partition coefficient (Wildman–Crippen LogP) is 4.05. The van der Waals surface area contributed by atoms with Crippen molar-refractivity contribution < 1.29 is 0 Å². The van der Waals surface area contributed by atoms with Crippen LogP contribution in [0.4, 0.5) is 0 Å². The number of hydrogen-bond donors (Lipinski definition) is 1. The summed E-state index contributed by atoms with van der Waals surface area (Å²) in [5, 5.41) is 8.11. The molecule has 90 valence electrons.